The van der Waals surface area contributed by atoms with E-state index in [4.69, 9.17) is 14.2 Å². The zero-order chi connectivity index (χ0) is 22.2. The van der Waals surface area contributed by atoms with Crippen LogP contribution in [0.3, 0.4) is 0 Å². The third-order valence-corrected chi connectivity index (χ3v) is 5.71. The van der Waals surface area contributed by atoms with Crippen LogP contribution in [-0.2, 0) is 14.3 Å². The van der Waals surface area contributed by atoms with Crippen LogP contribution in [-0.4, -0.2) is 63.1 Å². The van der Waals surface area contributed by atoms with E-state index in [1.807, 2.05) is 19.9 Å². The number of hydrogen-bond donors (Lipinski definition) is 1. The van der Waals surface area contributed by atoms with Crippen molar-refractivity contribution in [3.63, 3.8) is 0 Å². The third kappa shape index (κ3) is 6.66. The molecule has 0 aliphatic carbocycles. The molecule has 1 aliphatic heterocycles. The highest BCUT2D eigenvalue weighted by molar-refractivity contribution is 5.87. The van der Waals surface area contributed by atoms with Gasteiger partial charge in [0.2, 0.25) is 5.91 Å². The molecule has 0 spiro atoms. The van der Waals surface area contributed by atoms with E-state index in [9.17, 15) is 4.79 Å². The second-order valence-corrected chi connectivity index (χ2v) is 8.46. The fourth-order valence-electron chi connectivity index (χ4n) is 4.06. The molecule has 31 heavy (non-hydrogen) atoms. The smallest absolute Gasteiger partial charge is 0.234 e. The number of carbonyl (C=O) groups excluding carboxylic acids is 1. The minimum absolute atomic E-state index is 0.0811. The maximum Gasteiger partial charge on any atom is 0.234 e. The van der Waals surface area contributed by atoms with Gasteiger partial charge < -0.3 is 19.5 Å². The summed E-state index contributed by atoms with van der Waals surface area (Å²) in [7, 11) is 1.69. The van der Waals surface area contributed by atoms with Gasteiger partial charge in [0.25, 0.3) is 0 Å². The number of ether oxygens (including phenoxy) is 3. The van der Waals surface area contributed by atoms with E-state index >= 15 is 0 Å². The van der Waals surface area contributed by atoms with Crippen molar-refractivity contribution in [3.05, 3.63) is 42.0 Å². The first kappa shape index (κ1) is 23.5. The van der Waals surface area contributed by atoms with Gasteiger partial charge in [0.05, 0.1) is 26.9 Å². The second-order valence-electron chi connectivity index (χ2n) is 8.46. The summed E-state index contributed by atoms with van der Waals surface area (Å²) in [5.41, 5.74) is 1.26. The predicted molar refractivity (Wildman–Crippen MR) is 124 cm³/mol. The summed E-state index contributed by atoms with van der Waals surface area (Å²) in [5.74, 6) is 1.17. The Hall–Kier alpha value is -2.15. The number of likely N-dealkylation sites (N-methyl/N-ethyl adjacent to an activating group) is 1. The molecule has 0 saturated carbocycles. The van der Waals surface area contributed by atoms with Crippen molar-refractivity contribution in [2.24, 2.45) is 0 Å². The quantitative estimate of drug-likeness (QED) is 0.621. The molecule has 1 amide bonds. The summed E-state index contributed by atoms with van der Waals surface area (Å²) < 4.78 is 17.4. The normalized spacial score (nSPS) is 19.2. The lowest BCUT2D eigenvalue weighted by atomic mass is 9.94. The zero-order valence-electron chi connectivity index (χ0n) is 19.2. The Kier molecular flexibility index (Phi) is 8.69. The summed E-state index contributed by atoms with van der Waals surface area (Å²) >= 11 is 0. The van der Waals surface area contributed by atoms with Gasteiger partial charge in [-0.1, -0.05) is 31.2 Å². The molecular formula is C25H36N2O4. The number of fused-ring (bicyclic) bond motifs is 1. The molecule has 1 fully saturated rings. The molecule has 0 unspecified atom stereocenters. The molecule has 6 nitrogen and oxygen atoms in total. The Morgan fingerprint density at radius 2 is 2.00 bits per heavy atom. The van der Waals surface area contributed by atoms with Gasteiger partial charge in [-0.3, -0.25) is 9.69 Å². The number of nitrogens with one attached hydrogen (secondary N) is 1. The van der Waals surface area contributed by atoms with Crippen LogP contribution in [0.4, 0.5) is 0 Å². The van der Waals surface area contributed by atoms with Crippen LogP contribution >= 0.6 is 0 Å². The first-order valence-corrected chi connectivity index (χ1v) is 11.3. The Balaban J connectivity index is 1.47. The summed E-state index contributed by atoms with van der Waals surface area (Å²) in [6, 6.07) is 12.7. The molecule has 2 aromatic carbocycles. The molecule has 170 valence electrons. The van der Waals surface area contributed by atoms with Gasteiger partial charge in [0, 0.05) is 12.0 Å². The van der Waals surface area contributed by atoms with Crippen molar-refractivity contribution in [2.45, 2.75) is 51.9 Å². The van der Waals surface area contributed by atoms with Gasteiger partial charge in [0.1, 0.15) is 5.75 Å². The van der Waals surface area contributed by atoms with E-state index in [2.05, 4.69) is 47.5 Å². The average molecular weight is 429 g/mol. The minimum atomic E-state index is -0.172. The molecule has 0 aromatic heterocycles. The zero-order valence-corrected chi connectivity index (χ0v) is 19.2. The summed E-state index contributed by atoms with van der Waals surface area (Å²) in [6.07, 6.45) is 1.60. The number of benzene rings is 2. The van der Waals surface area contributed by atoms with E-state index in [-0.39, 0.29) is 24.2 Å². The first-order chi connectivity index (χ1) is 15.0. The largest absolute Gasteiger partial charge is 0.497 e. The van der Waals surface area contributed by atoms with Crippen molar-refractivity contribution in [1.29, 1.82) is 0 Å². The minimum Gasteiger partial charge on any atom is -0.497 e. The monoisotopic (exact) mass is 428 g/mol. The average Bonchev–Trinajstić information content (AvgIpc) is 2.77. The number of carbonyl (C=O) groups is 1. The third-order valence-electron chi connectivity index (χ3n) is 5.71. The van der Waals surface area contributed by atoms with Crippen molar-refractivity contribution in [1.82, 2.24) is 10.2 Å². The van der Waals surface area contributed by atoms with Gasteiger partial charge in [-0.05, 0) is 68.2 Å². The molecule has 0 bridgehead atoms. The highest BCUT2D eigenvalue weighted by Crippen LogP contribution is 2.31. The molecule has 1 N–H and O–H groups in total. The van der Waals surface area contributed by atoms with E-state index in [0.29, 0.717) is 19.8 Å². The molecule has 3 rings (SSSR count). The van der Waals surface area contributed by atoms with Crippen molar-refractivity contribution >= 4 is 16.7 Å². The Morgan fingerprint density at radius 1 is 1.23 bits per heavy atom. The van der Waals surface area contributed by atoms with Crippen molar-refractivity contribution < 1.29 is 19.0 Å². The standard InChI is InChI=1S/C25H36N2O4/c1-5-27(15-24(28)26-18(2)3)13-7-10-25-30-16-20(17-31-25)22-9-6-8-19-14-21(29-4)11-12-23(19)22/h6,8-9,11-12,14,18,20,25H,5,7,10,13,15-17H2,1-4H3,(H,26,28). The fourth-order valence-corrected chi connectivity index (χ4v) is 4.06. The van der Waals surface area contributed by atoms with E-state index in [1.54, 1.807) is 7.11 Å². The van der Waals surface area contributed by atoms with Gasteiger partial charge in [-0.2, -0.15) is 0 Å². The first-order valence-electron chi connectivity index (χ1n) is 11.3. The number of amides is 1. The summed E-state index contributed by atoms with van der Waals surface area (Å²) in [6.45, 7) is 9.51. The molecule has 1 heterocycles. The van der Waals surface area contributed by atoms with E-state index in [0.717, 1.165) is 31.7 Å². The maximum atomic E-state index is 12.0. The van der Waals surface area contributed by atoms with Crippen LogP contribution in [0.2, 0.25) is 0 Å². The number of nitrogens with zero attached hydrogens (tertiary/aromatic N) is 1. The molecule has 6 heteroatoms. The van der Waals surface area contributed by atoms with Crippen LogP contribution < -0.4 is 10.1 Å². The van der Waals surface area contributed by atoms with Crippen LogP contribution in [0.15, 0.2) is 36.4 Å². The molecular weight excluding hydrogens is 392 g/mol. The highest BCUT2D eigenvalue weighted by Gasteiger charge is 2.24. The number of rotatable bonds is 10. The van der Waals surface area contributed by atoms with Crippen LogP contribution in [0.25, 0.3) is 10.8 Å². The van der Waals surface area contributed by atoms with Gasteiger partial charge >= 0.3 is 0 Å². The van der Waals surface area contributed by atoms with Gasteiger partial charge in [0.15, 0.2) is 6.29 Å². The van der Waals surface area contributed by atoms with Gasteiger partial charge in [-0.15, -0.1) is 0 Å². The molecule has 1 saturated heterocycles. The molecule has 1 aliphatic rings. The second kappa shape index (κ2) is 11.5. The maximum absolute atomic E-state index is 12.0. The number of methoxy groups -OCH3 is 1. The summed E-state index contributed by atoms with van der Waals surface area (Å²) in [4.78, 5) is 14.1. The Labute approximate surface area is 185 Å². The summed E-state index contributed by atoms with van der Waals surface area (Å²) in [5, 5.41) is 5.34. The van der Waals surface area contributed by atoms with Crippen LogP contribution in [0.1, 0.15) is 45.1 Å². The highest BCUT2D eigenvalue weighted by atomic mass is 16.7. The van der Waals surface area contributed by atoms with Crippen molar-refractivity contribution in [2.75, 3.05) is 40.0 Å². The van der Waals surface area contributed by atoms with Crippen molar-refractivity contribution in [3.8, 4) is 5.75 Å². The van der Waals surface area contributed by atoms with Gasteiger partial charge in [-0.25, -0.2) is 0 Å². The van der Waals surface area contributed by atoms with Crippen LogP contribution in [0, 0.1) is 0 Å². The fraction of sp³-hybridized carbons (Fsp3) is 0.560. The lowest BCUT2D eigenvalue weighted by Gasteiger charge is -2.31. The lowest BCUT2D eigenvalue weighted by Crippen LogP contribution is -2.40. The predicted octanol–water partition coefficient (Wildman–Crippen LogP) is 3.93. The number of hydrogen-bond acceptors (Lipinski definition) is 5. The SMILES string of the molecule is CCN(CCCC1OCC(c2cccc3cc(OC)ccc23)CO1)CC(=O)NC(C)C. The molecule has 2 aromatic rings. The molecule has 0 atom stereocenters. The molecule has 0 radical (unpaired) electrons. The Morgan fingerprint density at radius 3 is 2.68 bits per heavy atom. The Bertz CT molecular complexity index is 847. The van der Waals surface area contributed by atoms with E-state index in [1.165, 1.54) is 16.3 Å². The van der Waals surface area contributed by atoms with E-state index < -0.39 is 0 Å². The topological polar surface area (TPSA) is 60.0 Å². The lowest BCUT2D eigenvalue weighted by molar-refractivity contribution is -0.190. The van der Waals surface area contributed by atoms with Crippen LogP contribution in [0.5, 0.6) is 5.75 Å².